The van der Waals surface area contributed by atoms with Crippen molar-refractivity contribution >= 4 is 6.03 Å². The van der Waals surface area contributed by atoms with E-state index in [1.807, 2.05) is 31.2 Å². The van der Waals surface area contributed by atoms with E-state index in [0.29, 0.717) is 30.6 Å². The van der Waals surface area contributed by atoms with E-state index in [2.05, 4.69) is 4.90 Å². The summed E-state index contributed by atoms with van der Waals surface area (Å²) in [7, 11) is 1.45. The number of piperidine rings is 1. The van der Waals surface area contributed by atoms with Crippen LogP contribution in [0.2, 0.25) is 0 Å². The second-order valence-corrected chi connectivity index (χ2v) is 11.9. The smallest absolute Gasteiger partial charge is 0.381 e. The summed E-state index contributed by atoms with van der Waals surface area (Å²) < 4.78 is 86.9. The number of benzene rings is 2. The van der Waals surface area contributed by atoms with E-state index in [9.17, 15) is 31.1 Å². The van der Waals surface area contributed by atoms with Crippen LogP contribution in [0, 0.1) is 18.8 Å². The molecule has 230 valence electrons. The summed E-state index contributed by atoms with van der Waals surface area (Å²) in [5.41, 5.74) is -0.944. The fourth-order valence-corrected chi connectivity index (χ4v) is 6.96. The quantitative estimate of drug-likeness (QED) is 0.347. The molecule has 4 atom stereocenters. The van der Waals surface area contributed by atoms with Crippen LogP contribution in [0.3, 0.4) is 0 Å². The summed E-state index contributed by atoms with van der Waals surface area (Å²) in [6.07, 6.45) is -7.21. The van der Waals surface area contributed by atoms with Gasteiger partial charge in [-0.05, 0) is 73.9 Å². The third-order valence-electron chi connectivity index (χ3n) is 9.44. The van der Waals surface area contributed by atoms with Crippen LogP contribution in [0.4, 0.5) is 31.1 Å². The van der Waals surface area contributed by atoms with Crippen molar-refractivity contribution in [1.29, 1.82) is 0 Å². The lowest BCUT2D eigenvalue weighted by atomic mass is 9.78. The number of carbonyl (C=O) groups is 1. The number of nitrogens with zero attached hydrogens (tertiary/aromatic N) is 3. The molecule has 3 heterocycles. The van der Waals surface area contributed by atoms with Gasteiger partial charge in [-0.3, -0.25) is 4.90 Å². The minimum atomic E-state index is -4.96. The molecule has 11 heteroatoms. The summed E-state index contributed by atoms with van der Waals surface area (Å²) in [6, 6.07) is 8.15. The number of hydrogen-bond donors (Lipinski definition) is 0. The van der Waals surface area contributed by atoms with Gasteiger partial charge in [0, 0.05) is 51.9 Å². The van der Waals surface area contributed by atoms with Gasteiger partial charge >= 0.3 is 18.4 Å². The number of hydrogen-bond acceptors (Lipinski definition) is 3. The Balaban J connectivity index is 1.45. The van der Waals surface area contributed by atoms with Crippen LogP contribution < -0.4 is 0 Å². The van der Waals surface area contributed by atoms with Gasteiger partial charge in [-0.15, -0.1) is 0 Å². The molecule has 0 aliphatic carbocycles. The molecule has 0 aromatic heterocycles. The molecule has 0 spiro atoms. The van der Waals surface area contributed by atoms with Crippen molar-refractivity contribution in [2.45, 2.75) is 63.6 Å². The molecule has 2 aromatic rings. The number of fused-ring (bicyclic) bond motifs is 1. The summed E-state index contributed by atoms with van der Waals surface area (Å²) in [4.78, 5) is 19.7. The number of carbonyl (C=O) groups excluding carboxylic acids is 1. The summed E-state index contributed by atoms with van der Waals surface area (Å²) >= 11 is 0. The molecule has 3 saturated heterocycles. The van der Waals surface area contributed by atoms with E-state index in [4.69, 9.17) is 4.74 Å². The van der Waals surface area contributed by atoms with E-state index in [0.717, 1.165) is 56.7 Å². The first-order valence-electron chi connectivity index (χ1n) is 14.5. The van der Waals surface area contributed by atoms with Gasteiger partial charge in [0.15, 0.2) is 0 Å². The molecule has 3 unspecified atom stereocenters. The maximum absolute atomic E-state index is 14.1. The lowest BCUT2D eigenvalue weighted by Crippen LogP contribution is -2.51. The lowest BCUT2D eigenvalue weighted by Gasteiger charge is -2.45. The highest BCUT2D eigenvalue weighted by Crippen LogP contribution is 2.46. The Morgan fingerprint density at radius 3 is 2.17 bits per heavy atom. The van der Waals surface area contributed by atoms with Gasteiger partial charge in [-0.25, -0.2) is 4.79 Å². The second kappa shape index (κ2) is 11.7. The van der Waals surface area contributed by atoms with Gasteiger partial charge in [0.25, 0.3) is 0 Å². The van der Waals surface area contributed by atoms with Gasteiger partial charge in [0.05, 0.1) is 23.2 Å². The van der Waals surface area contributed by atoms with Crippen LogP contribution in [0.1, 0.15) is 66.1 Å². The van der Waals surface area contributed by atoms with Crippen LogP contribution in [0.15, 0.2) is 42.5 Å². The molecule has 2 aromatic carbocycles. The van der Waals surface area contributed by atoms with Gasteiger partial charge < -0.3 is 14.5 Å². The topological polar surface area (TPSA) is 36.0 Å². The Kier molecular flexibility index (Phi) is 8.55. The van der Waals surface area contributed by atoms with E-state index in [-0.39, 0.29) is 23.6 Å². The molecule has 3 fully saturated rings. The second-order valence-electron chi connectivity index (χ2n) is 11.9. The van der Waals surface area contributed by atoms with Gasteiger partial charge in [-0.2, -0.15) is 26.3 Å². The first-order valence-corrected chi connectivity index (χ1v) is 14.5. The lowest BCUT2D eigenvalue weighted by molar-refractivity contribution is -0.143. The number of ether oxygens (including phenoxy) is 1. The zero-order valence-electron chi connectivity index (χ0n) is 24.0. The van der Waals surface area contributed by atoms with Gasteiger partial charge in [0.2, 0.25) is 0 Å². The average Bonchev–Trinajstić information content (AvgIpc) is 3.40. The highest BCUT2D eigenvalue weighted by molar-refractivity contribution is 5.75. The molecule has 3 aliphatic heterocycles. The highest BCUT2D eigenvalue weighted by atomic mass is 19.4. The summed E-state index contributed by atoms with van der Waals surface area (Å²) in [5.74, 6) is 0.530. The number of halogens is 6. The molecule has 5 rings (SSSR count). The number of aryl methyl sites for hydroxylation is 1. The van der Waals surface area contributed by atoms with Crippen LogP contribution in [0.5, 0.6) is 0 Å². The minimum absolute atomic E-state index is 0.112. The highest BCUT2D eigenvalue weighted by Gasteiger charge is 2.48. The molecule has 42 heavy (non-hydrogen) atoms. The van der Waals surface area contributed by atoms with E-state index in [1.165, 1.54) is 18.9 Å². The number of amides is 2. The first-order chi connectivity index (χ1) is 19.8. The fourth-order valence-electron chi connectivity index (χ4n) is 6.96. The van der Waals surface area contributed by atoms with E-state index >= 15 is 0 Å². The Morgan fingerprint density at radius 2 is 1.57 bits per heavy atom. The maximum atomic E-state index is 14.1. The summed E-state index contributed by atoms with van der Waals surface area (Å²) in [6.45, 7) is 7.14. The van der Waals surface area contributed by atoms with Crippen molar-refractivity contribution in [3.63, 3.8) is 0 Å². The van der Waals surface area contributed by atoms with Crippen LogP contribution in [-0.4, -0.2) is 66.7 Å². The molecular formula is C31H37F6N3O2. The Labute approximate surface area is 242 Å². The summed E-state index contributed by atoms with van der Waals surface area (Å²) in [5, 5.41) is 0. The Hall–Kier alpha value is -2.79. The monoisotopic (exact) mass is 597 g/mol. The van der Waals surface area contributed by atoms with Crippen molar-refractivity contribution in [2.75, 3.05) is 39.9 Å². The number of urea groups is 1. The molecule has 3 aliphatic rings. The molecule has 0 radical (unpaired) electrons. The number of rotatable bonds is 4. The van der Waals surface area contributed by atoms with Crippen molar-refractivity contribution < 1.29 is 35.9 Å². The molecular weight excluding hydrogens is 560 g/mol. The van der Waals surface area contributed by atoms with Crippen molar-refractivity contribution in [3.8, 4) is 0 Å². The molecule has 0 bridgehead atoms. The fraction of sp³-hybridized carbons (Fsp3) is 0.581. The Morgan fingerprint density at radius 1 is 0.952 bits per heavy atom. The van der Waals surface area contributed by atoms with Crippen molar-refractivity contribution in [2.24, 2.45) is 11.8 Å². The zero-order chi connectivity index (χ0) is 30.4. The van der Waals surface area contributed by atoms with Crippen molar-refractivity contribution in [1.82, 2.24) is 14.7 Å². The van der Waals surface area contributed by atoms with Crippen molar-refractivity contribution in [3.05, 3.63) is 70.3 Å². The standard InChI is InChI=1S/C31H37F6N3O2/c1-19-6-4-5-7-26(19)28-27-18-39(25-9-12-42-13-10-25)17-21(27)8-11-40(28)29(41)38(3)20(2)22-14-23(30(32,33)34)16-24(15-22)31(35,36)37/h4-7,14-16,20-21,25,27-28H,8-13,17-18H2,1-3H3/t20?,21?,27-,28?/m1/s1. The number of alkyl halides is 6. The van der Waals surface area contributed by atoms with Gasteiger partial charge in [-0.1, -0.05) is 24.3 Å². The first kappa shape index (κ1) is 30.7. The largest absolute Gasteiger partial charge is 0.416 e. The third-order valence-corrected chi connectivity index (χ3v) is 9.44. The Bertz CT molecular complexity index is 1240. The van der Waals surface area contributed by atoms with Crippen LogP contribution in [-0.2, 0) is 17.1 Å². The third kappa shape index (κ3) is 6.13. The van der Waals surface area contributed by atoms with Gasteiger partial charge in [0.1, 0.15) is 0 Å². The SMILES string of the molecule is Cc1ccccc1C1[C@@H]2CN(C3CCOCC3)CC2CCN1C(=O)N(C)C(C)c1cc(C(F)(F)F)cc(C(F)(F)F)c1. The molecule has 0 N–H and O–H groups in total. The number of likely N-dealkylation sites (tertiary alicyclic amines) is 2. The van der Waals surface area contributed by atoms with Crippen LogP contribution >= 0.6 is 0 Å². The molecule has 2 amide bonds. The zero-order valence-corrected chi connectivity index (χ0v) is 24.0. The predicted octanol–water partition coefficient (Wildman–Crippen LogP) is 7.32. The average molecular weight is 598 g/mol. The normalized spacial score (nSPS) is 24.9. The minimum Gasteiger partial charge on any atom is -0.381 e. The predicted molar refractivity (Wildman–Crippen MR) is 146 cm³/mol. The molecule has 5 nitrogen and oxygen atoms in total. The molecule has 0 saturated carbocycles. The van der Waals surface area contributed by atoms with E-state index < -0.39 is 35.6 Å². The van der Waals surface area contributed by atoms with E-state index in [1.54, 1.807) is 4.90 Å². The van der Waals surface area contributed by atoms with Crippen LogP contribution in [0.25, 0.3) is 0 Å². The maximum Gasteiger partial charge on any atom is 0.416 e.